The lowest BCUT2D eigenvalue weighted by Crippen LogP contribution is -2.19. The molecule has 90 valence electrons. The third kappa shape index (κ3) is 2.94. The average Bonchev–Trinajstić information content (AvgIpc) is 2.10. The Morgan fingerprint density at radius 2 is 1.94 bits per heavy atom. The maximum atomic E-state index is 12.4. The summed E-state index contributed by atoms with van der Waals surface area (Å²) >= 11 is 2.61. The number of ether oxygens (including phenoxy) is 1. The summed E-state index contributed by atoms with van der Waals surface area (Å²) in [5.41, 5.74) is 4.17. The molecule has 0 aromatic carbocycles. The minimum absolute atomic E-state index is 0.372. The third-order valence-electron chi connectivity index (χ3n) is 1.48. The summed E-state index contributed by atoms with van der Waals surface area (Å²) in [5, 5.41) is 0. The molecule has 1 aromatic rings. The molecule has 0 spiro atoms. The minimum atomic E-state index is -5.08. The first-order valence-corrected chi connectivity index (χ1v) is 4.49. The molecule has 2 N–H and O–H groups in total. The van der Waals surface area contributed by atoms with Crippen LogP contribution >= 0.6 is 15.9 Å². The van der Waals surface area contributed by atoms with Gasteiger partial charge in [0, 0.05) is 6.20 Å². The number of alkyl halides is 5. The summed E-state index contributed by atoms with van der Waals surface area (Å²) in [6.45, 7) is 0. The SMILES string of the molecule is Nc1ncc(C(F)F)c(OC(F)(F)F)c1Br. The zero-order chi connectivity index (χ0) is 12.5. The fourth-order valence-electron chi connectivity index (χ4n) is 0.872. The number of rotatable bonds is 2. The number of hydrogen-bond donors (Lipinski definition) is 1. The fourth-order valence-corrected chi connectivity index (χ4v) is 1.28. The van der Waals surface area contributed by atoms with E-state index in [0.717, 1.165) is 0 Å². The van der Waals surface area contributed by atoms with E-state index in [0.29, 0.717) is 6.20 Å². The number of hydrogen-bond acceptors (Lipinski definition) is 3. The van der Waals surface area contributed by atoms with Crippen molar-refractivity contribution in [1.82, 2.24) is 4.98 Å². The summed E-state index contributed by atoms with van der Waals surface area (Å²) in [4.78, 5) is 3.29. The van der Waals surface area contributed by atoms with Crippen molar-refractivity contribution in [3.63, 3.8) is 0 Å². The van der Waals surface area contributed by atoms with Gasteiger partial charge >= 0.3 is 6.36 Å². The Balaban J connectivity index is 3.26. The van der Waals surface area contributed by atoms with Gasteiger partial charge in [-0.05, 0) is 15.9 Å². The molecule has 0 saturated heterocycles. The van der Waals surface area contributed by atoms with Crippen LogP contribution < -0.4 is 10.5 Å². The molecule has 0 unspecified atom stereocenters. The second-order valence-electron chi connectivity index (χ2n) is 2.59. The van der Waals surface area contributed by atoms with Gasteiger partial charge in [-0.15, -0.1) is 13.2 Å². The van der Waals surface area contributed by atoms with Gasteiger partial charge in [0.1, 0.15) is 10.3 Å². The van der Waals surface area contributed by atoms with E-state index in [4.69, 9.17) is 5.73 Å². The van der Waals surface area contributed by atoms with E-state index in [1.54, 1.807) is 0 Å². The third-order valence-corrected chi connectivity index (χ3v) is 2.25. The smallest absolute Gasteiger partial charge is 0.404 e. The van der Waals surface area contributed by atoms with Crippen molar-refractivity contribution < 1.29 is 26.7 Å². The molecule has 0 fully saturated rings. The van der Waals surface area contributed by atoms with E-state index in [1.165, 1.54) is 0 Å². The van der Waals surface area contributed by atoms with E-state index in [2.05, 4.69) is 25.7 Å². The standard InChI is InChI=1S/C7H4BrF5N2O/c8-3-4(16-7(11,12)13)2(5(9)10)1-15-6(3)14/h1,5H,(H2,14,15). The Kier molecular flexibility index (Phi) is 3.56. The van der Waals surface area contributed by atoms with Crippen molar-refractivity contribution in [3.05, 3.63) is 16.2 Å². The molecule has 9 heteroatoms. The van der Waals surface area contributed by atoms with E-state index >= 15 is 0 Å². The summed E-state index contributed by atoms with van der Waals surface area (Å²) in [5.74, 6) is -1.45. The number of anilines is 1. The van der Waals surface area contributed by atoms with Crippen LogP contribution in [0, 0.1) is 0 Å². The molecule has 0 aliphatic rings. The number of aromatic nitrogens is 1. The normalized spacial score (nSPS) is 11.9. The van der Waals surface area contributed by atoms with E-state index < -0.39 is 28.6 Å². The Morgan fingerprint density at radius 1 is 1.38 bits per heavy atom. The largest absolute Gasteiger partial charge is 0.573 e. The zero-order valence-corrected chi connectivity index (χ0v) is 8.94. The van der Waals surface area contributed by atoms with Gasteiger partial charge in [-0.25, -0.2) is 13.8 Å². The van der Waals surface area contributed by atoms with Gasteiger partial charge in [0.15, 0.2) is 5.75 Å². The number of halogens is 6. The molecule has 0 aliphatic carbocycles. The van der Waals surface area contributed by atoms with Crippen LogP contribution in [0.4, 0.5) is 27.8 Å². The van der Waals surface area contributed by atoms with Crippen LogP contribution in [0.5, 0.6) is 5.75 Å². The molecular weight excluding hydrogens is 303 g/mol. The molecule has 0 aliphatic heterocycles. The second-order valence-corrected chi connectivity index (χ2v) is 3.38. The predicted molar refractivity (Wildman–Crippen MR) is 48.0 cm³/mol. The van der Waals surface area contributed by atoms with Crippen molar-refractivity contribution in [2.45, 2.75) is 12.8 Å². The Labute approximate surface area is 94.5 Å². The lowest BCUT2D eigenvalue weighted by molar-refractivity contribution is -0.275. The second kappa shape index (κ2) is 4.40. The van der Waals surface area contributed by atoms with Crippen LogP contribution in [0.15, 0.2) is 10.7 Å². The molecule has 1 heterocycles. The molecule has 0 saturated carbocycles. The van der Waals surface area contributed by atoms with Crippen LogP contribution in [0.2, 0.25) is 0 Å². The highest BCUT2D eigenvalue weighted by Crippen LogP contribution is 2.40. The molecule has 16 heavy (non-hydrogen) atoms. The van der Waals surface area contributed by atoms with Crippen molar-refractivity contribution >= 4 is 21.7 Å². The summed E-state index contributed by atoms with van der Waals surface area (Å²) in [7, 11) is 0. The van der Waals surface area contributed by atoms with Crippen molar-refractivity contribution in [1.29, 1.82) is 0 Å². The molecule has 1 rings (SSSR count). The van der Waals surface area contributed by atoms with Crippen LogP contribution in [0.1, 0.15) is 12.0 Å². The van der Waals surface area contributed by atoms with Gasteiger partial charge in [0.2, 0.25) is 0 Å². The molecule has 0 amide bonds. The van der Waals surface area contributed by atoms with Crippen LogP contribution in [0.3, 0.4) is 0 Å². The first kappa shape index (κ1) is 12.9. The molecule has 0 atom stereocenters. The molecule has 0 bridgehead atoms. The number of nitrogens with two attached hydrogens (primary N) is 1. The Hall–Kier alpha value is -1.12. The highest BCUT2D eigenvalue weighted by Gasteiger charge is 2.35. The van der Waals surface area contributed by atoms with Crippen molar-refractivity contribution in [2.75, 3.05) is 5.73 Å². The highest BCUT2D eigenvalue weighted by atomic mass is 79.9. The first-order valence-electron chi connectivity index (χ1n) is 3.70. The number of pyridine rings is 1. The maximum Gasteiger partial charge on any atom is 0.573 e. The number of nitrogen functional groups attached to an aromatic ring is 1. The molecule has 0 radical (unpaired) electrons. The predicted octanol–water partition coefficient (Wildman–Crippen LogP) is 3.26. The van der Waals surface area contributed by atoms with Gasteiger partial charge in [-0.3, -0.25) is 0 Å². The molecular formula is C7H4BrF5N2O. The summed E-state index contributed by atoms with van der Waals surface area (Å²) in [6, 6.07) is 0. The first-order chi connectivity index (χ1) is 7.22. The Bertz CT molecular complexity index is 395. The fraction of sp³-hybridized carbons (Fsp3) is 0.286. The summed E-state index contributed by atoms with van der Waals surface area (Å²) < 4.78 is 63.6. The summed E-state index contributed by atoms with van der Waals surface area (Å²) in [6.07, 6.45) is -7.70. The minimum Gasteiger partial charge on any atom is -0.404 e. The zero-order valence-electron chi connectivity index (χ0n) is 7.36. The van der Waals surface area contributed by atoms with Crippen molar-refractivity contribution in [3.8, 4) is 5.75 Å². The van der Waals surface area contributed by atoms with Gasteiger partial charge in [0.25, 0.3) is 6.43 Å². The molecule has 1 aromatic heterocycles. The van der Waals surface area contributed by atoms with Gasteiger partial charge in [-0.2, -0.15) is 0 Å². The molecule has 3 nitrogen and oxygen atoms in total. The van der Waals surface area contributed by atoms with E-state index in [-0.39, 0.29) is 5.82 Å². The quantitative estimate of drug-likeness (QED) is 0.853. The van der Waals surface area contributed by atoms with Crippen LogP contribution in [-0.4, -0.2) is 11.3 Å². The van der Waals surface area contributed by atoms with Gasteiger partial charge in [0.05, 0.1) is 5.56 Å². The van der Waals surface area contributed by atoms with E-state index in [1.807, 2.05) is 0 Å². The maximum absolute atomic E-state index is 12.4. The average molecular weight is 307 g/mol. The van der Waals surface area contributed by atoms with E-state index in [9.17, 15) is 22.0 Å². The Morgan fingerprint density at radius 3 is 2.38 bits per heavy atom. The topological polar surface area (TPSA) is 48.1 Å². The number of nitrogens with zero attached hydrogens (tertiary/aromatic N) is 1. The van der Waals surface area contributed by atoms with Gasteiger partial charge in [-0.1, -0.05) is 0 Å². The highest BCUT2D eigenvalue weighted by molar-refractivity contribution is 9.10. The van der Waals surface area contributed by atoms with Crippen molar-refractivity contribution in [2.24, 2.45) is 0 Å². The monoisotopic (exact) mass is 306 g/mol. The van der Waals surface area contributed by atoms with Gasteiger partial charge < -0.3 is 10.5 Å². The van der Waals surface area contributed by atoms with Crippen LogP contribution in [0.25, 0.3) is 0 Å². The lowest BCUT2D eigenvalue weighted by atomic mass is 10.2. The lowest BCUT2D eigenvalue weighted by Gasteiger charge is -2.14. The van der Waals surface area contributed by atoms with Crippen LogP contribution in [-0.2, 0) is 0 Å².